The summed E-state index contributed by atoms with van der Waals surface area (Å²) in [5.41, 5.74) is 1.11. The van der Waals surface area contributed by atoms with Crippen molar-refractivity contribution in [2.75, 3.05) is 25.3 Å². The number of ketones is 1. The van der Waals surface area contributed by atoms with Crippen molar-refractivity contribution >= 4 is 17.4 Å². The van der Waals surface area contributed by atoms with Crippen molar-refractivity contribution in [2.24, 2.45) is 0 Å². The molecule has 3 rings (SSSR count). The number of anilines is 1. The van der Waals surface area contributed by atoms with Gasteiger partial charge in [-0.15, -0.1) is 0 Å². The Labute approximate surface area is 163 Å². The van der Waals surface area contributed by atoms with Gasteiger partial charge in [-0.3, -0.25) is 9.59 Å². The third-order valence-electron chi connectivity index (χ3n) is 4.11. The third-order valence-corrected chi connectivity index (χ3v) is 4.11. The lowest BCUT2D eigenvalue weighted by molar-refractivity contribution is 0.101. The van der Waals surface area contributed by atoms with Gasteiger partial charge < -0.3 is 24.3 Å². The SMILES string of the molecule is CCCOc1ccc(C(=O)Nc2cc3c(cc2C(C)=O)OCO3)cc1OCC. The maximum absolute atomic E-state index is 12.8. The molecule has 1 aliphatic rings. The minimum Gasteiger partial charge on any atom is -0.490 e. The van der Waals surface area contributed by atoms with Gasteiger partial charge in [0.2, 0.25) is 6.79 Å². The van der Waals surface area contributed by atoms with E-state index in [9.17, 15) is 9.59 Å². The molecular formula is C21H23NO6. The number of Topliss-reactive ketones (excluding diaryl/α,β-unsaturated/α-hetero) is 1. The first-order valence-corrected chi connectivity index (χ1v) is 9.19. The van der Waals surface area contributed by atoms with Crippen molar-refractivity contribution in [1.29, 1.82) is 0 Å². The molecule has 7 nitrogen and oxygen atoms in total. The number of amides is 1. The quantitative estimate of drug-likeness (QED) is 0.690. The average molecular weight is 385 g/mol. The van der Waals surface area contributed by atoms with Gasteiger partial charge in [-0.1, -0.05) is 6.92 Å². The van der Waals surface area contributed by atoms with E-state index in [0.29, 0.717) is 53.0 Å². The highest BCUT2D eigenvalue weighted by atomic mass is 16.7. The molecule has 28 heavy (non-hydrogen) atoms. The summed E-state index contributed by atoms with van der Waals surface area (Å²) in [6, 6.07) is 8.17. The van der Waals surface area contributed by atoms with E-state index >= 15 is 0 Å². The Kier molecular flexibility index (Phi) is 6.03. The van der Waals surface area contributed by atoms with E-state index in [1.165, 1.54) is 6.92 Å². The predicted octanol–water partition coefficient (Wildman–Crippen LogP) is 4.06. The fraction of sp³-hybridized carbons (Fsp3) is 0.333. The van der Waals surface area contributed by atoms with Gasteiger partial charge in [-0.25, -0.2) is 0 Å². The van der Waals surface area contributed by atoms with Crippen molar-refractivity contribution < 1.29 is 28.5 Å². The monoisotopic (exact) mass is 385 g/mol. The number of carbonyl (C=O) groups excluding carboxylic acids is 2. The summed E-state index contributed by atoms with van der Waals surface area (Å²) in [6.45, 7) is 6.40. The first-order chi connectivity index (χ1) is 13.5. The average Bonchev–Trinajstić information content (AvgIpc) is 3.13. The zero-order valence-electron chi connectivity index (χ0n) is 16.2. The molecule has 2 aromatic rings. The van der Waals surface area contributed by atoms with E-state index in [1.807, 2.05) is 13.8 Å². The van der Waals surface area contributed by atoms with Gasteiger partial charge in [0, 0.05) is 17.2 Å². The highest BCUT2D eigenvalue weighted by Crippen LogP contribution is 2.37. The Bertz CT molecular complexity index is 893. The minimum atomic E-state index is -0.371. The molecule has 1 aliphatic heterocycles. The highest BCUT2D eigenvalue weighted by Gasteiger charge is 2.21. The third kappa shape index (κ3) is 4.19. The highest BCUT2D eigenvalue weighted by molar-refractivity contribution is 6.09. The Morgan fingerprint density at radius 1 is 1.04 bits per heavy atom. The summed E-state index contributed by atoms with van der Waals surface area (Å²) in [5.74, 6) is 1.50. The smallest absolute Gasteiger partial charge is 0.255 e. The number of hydrogen-bond acceptors (Lipinski definition) is 6. The number of hydrogen-bond donors (Lipinski definition) is 1. The number of nitrogens with one attached hydrogen (secondary N) is 1. The Morgan fingerprint density at radius 3 is 2.46 bits per heavy atom. The molecular weight excluding hydrogens is 362 g/mol. The number of benzene rings is 2. The van der Waals surface area contributed by atoms with Gasteiger partial charge in [-0.05, 0) is 44.5 Å². The Morgan fingerprint density at radius 2 is 1.79 bits per heavy atom. The maximum Gasteiger partial charge on any atom is 0.255 e. The molecule has 0 aromatic heterocycles. The molecule has 1 N–H and O–H groups in total. The van der Waals surface area contributed by atoms with Gasteiger partial charge in [0.05, 0.1) is 18.9 Å². The number of rotatable bonds is 8. The van der Waals surface area contributed by atoms with Gasteiger partial charge in [0.25, 0.3) is 5.91 Å². The molecule has 148 valence electrons. The van der Waals surface area contributed by atoms with Crippen LogP contribution in [0.1, 0.15) is 47.9 Å². The largest absolute Gasteiger partial charge is 0.490 e. The summed E-state index contributed by atoms with van der Waals surface area (Å²) in [5, 5.41) is 2.78. The normalized spacial score (nSPS) is 11.8. The summed E-state index contributed by atoms with van der Waals surface area (Å²) < 4.78 is 21.9. The van der Waals surface area contributed by atoms with Gasteiger partial charge in [0.15, 0.2) is 28.8 Å². The van der Waals surface area contributed by atoms with Crippen molar-refractivity contribution in [3.8, 4) is 23.0 Å². The van der Waals surface area contributed by atoms with Crippen LogP contribution in [-0.2, 0) is 0 Å². The van der Waals surface area contributed by atoms with E-state index < -0.39 is 0 Å². The Balaban J connectivity index is 1.87. The van der Waals surface area contributed by atoms with E-state index in [-0.39, 0.29) is 18.5 Å². The fourth-order valence-electron chi connectivity index (χ4n) is 2.78. The second-order valence-corrected chi connectivity index (χ2v) is 6.20. The van der Waals surface area contributed by atoms with Crippen molar-refractivity contribution in [3.05, 3.63) is 41.5 Å². The van der Waals surface area contributed by atoms with Crippen LogP contribution in [0.5, 0.6) is 23.0 Å². The second kappa shape index (κ2) is 8.65. The second-order valence-electron chi connectivity index (χ2n) is 6.20. The van der Waals surface area contributed by atoms with Crippen molar-refractivity contribution in [2.45, 2.75) is 27.2 Å². The van der Waals surface area contributed by atoms with Gasteiger partial charge in [0.1, 0.15) is 0 Å². The lowest BCUT2D eigenvalue weighted by Crippen LogP contribution is -2.15. The van der Waals surface area contributed by atoms with Crippen molar-refractivity contribution in [3.63, 3.8) is 0 Å². The van der Waals surface area contributed by atoms with E-state index in [1.54, 1.807) is 30.3 Å². The molecule has 0 radical (unpaired) electrons. The van der Waals surface area contributed by atoms with Crippen molar-refractivity contribution in [1.82, 2.24) is 0 Å². The Hall–Kier alpha value is -3.22. The molecule has 0 unspecified atom stereocenters. The van der Waals surface area contributed by atoms with Crippen LogP contribution in [0.2, 0.25) is 0 Å². The topological polar surface area (TPSA) is 83.1 Å². The summed E-state index contributed by atoms with van der Waals surface area (Å²) >= 11 is 0. The first kappa shape index (κ1) is 19.5. The van der Waals surface area contributed by atoms with Crippen LogP contribution >= 0.6 is 0 Å². The molecule has 7 heteroatoms. The lowest BCUT2D eigenvalue weighted by atomic mass is 10.1. The van der Waals surface area contributed by atoms with E-state index in [4.69, 9.17) is 18.9 Å². The maximum atomic E-state index is 12.8. The van der Waals surface area contributed by atoms with Crippen LogP contribution in [0.3, 0.4) is 0 Å². The molecule has 0 saturated carbocycles. The summed E-state index contributed by atoms with van der Waals surface area (Å²) in [7, 11) is 0. The van der Waals surface area contributed by atoms with Crippen LogP contribution in [0, 0.1) is 0 Å². The zero-order valence-corrected chi connectivity index (χ0v) is 16.2. The molecule has 1 heterocycles. The van der Waals surface area contributed by atoms with E-state index in [2.05, 4.69) is 5.32 Å². The first-order valence-electron chi connectivity index (χ1n) is 9.19. The fourth-order valence-corrected chi connectivity index (χ4v) is 2.78. The molecule has 2 aromatic carbocycles. The molecule has 0 fully saturated rings. The molecule has 0 saturated heterocycles. The van der Waals surface area contributed by atoms with Crippen LogP contribution in [0.25, 0.3) is 0 Å². The molecule has 0 aliphatic carbocycles. The standard InChI is InChI=1S/C21H23NO6/c1-4-8-26-17-7-6-14(9-18(17)25-5-2)21(24)22-16-11-20-19(27-12-28-20)10-15(16)13(3)23/h6-7,9-11H,4-5,8,12H2,1-3H3,(H,22,24). The van der Waals surface area contributed by atoms with Crippen LogP contribution < -0.4 is 24.3 Å². The summed E-state index contributed by atoms with van der Waals surface area (Å²) in [6.07, 6.45) is 0.867. The number of fused-ring (bicyclic) bond motifs is 1. The zero-order chi connectivity index (χ0) is 20.1. The predicted molar refractivity (Wildman–Crippen MR) is 104 cm³/mol. The van der Waals surface area contributed by atoms with Crippen LogP contribution in [0.4, 0.5) is 5.69 Å². The number of ether oxygens (including phenoxy) is 4. The minimum absolute atomic E-state index is 0.0843. The lowest BCUT2D eigenvalue weighted by Gasteiger charge is -2.14. The molecule has 0 bridgehead atoms. The van der Waals surface area contributed by atoms with E-state index in [0.717, 1.165) is 6.42 Å². The summed E-state index contributed by atoms with van der Waals surface area (Å²) in [4.78, 5) is 24.8. The molecule has 0 atom stereocenters. The van der Waals surface area contributed by atoms with Crippen LogP contribution in [0.15, 0.2) is 30.3 Å². The van der Waals surface area contributed by atoms with Gasteiger partial charge >= 0.3 is 0 Å². The van der Waals surface area contributed by atoms with Crippen LogP contribution in [-0.4, -0.2) is 31.7 Å². The van der Waals surface area contributed by atoms with Gasteiger partial charge in [-0.2, -0.15) is 0 Å². The number of carbonyl (C=O) groups is 2. The molecule has 1 amide bonds. The molecule has 0 spiro atoms.